The SMILES string of the molecule is COC(=O)C[C@@H]1C(=O)N[C@@H]2CCCC[C@@H]2N1C(=S)Nc1cccc(OC)c1. The van der Waals surface area contributed by atoms with Crippen LogP contribution in [0.2, 0.25) is 0 Å². The van der Waals surface area contributed by atoms with Gasteiger partial charge in [0, 0.05) is 17.8 Å². The Bertz CT molecular complexity index is 727. The summed E-state index contributed by atoms with van der Waals surface area (Å²) in [5, 5.41) is 6.71. The molecule has 2 fully saturated rings. The number of hydrogen-bond donors (Lipinski definition) is 2. The molecule has 1 amide bonds. The van der Waals surface area contributed by atoms with Crippen LogP contribution in [0.3, 0.4) is 0 Å². The predicted octanol–water partition coefficient (Wildman–Crippen LogP) is 2.07. The summed E-state index contributed by atoms with van der Waals surface area (Å²) in [6.45, 7) is 0. The maximum Gasteiger partial charge on any atom is 0.308 e. The van der Waals surface area contributed by atoms with E-state index < -0.39 is 12.0 Å². The number of piperazine rings is 1. The summed E-state index contributed by atoms with van der Waals surface area (Å²) in [5.41, 5.74) is 0.773. The van der Waals surface area contributed by atoms with E-state index in [1.165, 1.54) is 7.11 Å². The van der Waals surface area contributed by atoms with Gasteiger partial charge in [-0.1, -0.05) is 18.9 Å². The average molecular weight is 391 g/mol. The second-order valence-corrected chi connectivity index (χ2v) is 7.22. The van der Waals surface area contributed by atoms with Crippen LogP contribution in [0.1, 0.15) is 32.1 Å². The van der Waals surface area contributed by atoms with Crippen molar-refractivity contribution in [2.24, 2.45) is 0 Å². The molecule has 27 heavy (non-hydrogen) atoms. The number of nitrogens with one attached hydrogen (secondary N) is 2. The number of carbonyl (C=O) groups excluding carboxylic acids is 2. The lowest BCUT2D eigenvalue weighted by atomic mass is 9.85. The minimum atomic E-state index is -0.678. The minimum absolute atomic E-state index is 0.0362. The molecule has 7 nitrogen and oxygen atoms in total. The average Bonchev–Trinajstić information content (AvgIpc) is 2.68. The van der Waals surface area contributed by atoms with E-state index in [1.807, 2.05) is 29.2 Å². The largest absolute Gasteiger partial charge is 0.497 e. The molecule has 0 aromatic heterocycles. The molecule has 0 radical (unpaired) electrons. The molecule has 0 spiro atoms. The van der Waals surface area contributed by atoms with E-state index >= 15 is 0 Å². The van der Waals surface area contributed by atoms with Gasteiger partial charge in [0.1, 0.15) is 11.8 Å². The summed E-state index contributed by atoms with van der Waals surface area (Å²) < 4.78 is 10.0. The van der Waals surface area contributed by atoms with Crippen LogP contribution in [0, 0.1) is 0 Å². The normalized spacial score (nSPS) is 24.4. The van der Waals surface area contributed by atoms with Gasteiger partial charge in [0.25, 0.3) is 0 Å². The van der Waals surface area contributed by atoms with Crippen molar-refractivity contribution in [3.8, 4) is 5.75 Å². The number of anilines is 1. The molecule has 0 unspecified atom stereocenters. The second-order valence-electron chi connectivity index (χ2n) is 6.83. The minimum Gasteiger partial charge on any atom is -0.497 e. The van der Waals surface area contributed by atoms with Crippen LogP contribution in [0.15, 0.2) is 24.3 Å². The number of fused-ring (bicyclic) bond motifs is 1. The first kappa shape index (κ1) is 19.4. The fourth-order valence-corrected chi connectivity index (χ4v) is 4.24. The molecule has 1 aromatic carbocycles. The smallest absolute Gasteiger partial charge is 0.308 e. The molecule has 1 aromatic rings. The molecule has 0 bridgehead atoms. The number of hydrogen-bond acceptors (Lipinski definition) is 5. The Morgan fingerprint density at radius 2 is 2.11 bits per heavy atom. The zero-order valence-corrected chi connectivity index (χ0v) is 16.4. The van der Waals surface area contributed by atoms with E-state index in [1.54, 1.807) is 7.11 Å². The topological polar surface area (TPSA) is 79.9 Å². The summed E-state index contributed by atoms with van der Waals surface area (Å²) in [6.07, 6.45) is 3.95. The van der Waals surface area contributed by atoms with E-state index in [2.05, 4.69) is 10.6 Å². The van der Waals surface area contributed by atoms with Crippen molar-refractivity contribution in [1.82, 2.24) is 10.2 Å². The van der Waals surface area contributed by atoms with E-state index in [0.717, 1.165) is 31.4 Å². The molecule has 146 valence electrons. The van der Waals surface area contributed by atoms with Gasteiger partial charge in [0.05, 0.1) is 26.7 Å². The van der Waals surface area contributed by atoms with Crippen molar-refractivity contribution in [3.63, 3.8) is 0 Å². The molecule has 3 atom stereocenters. The number of carbonyl (C=O) groups is 2. The quantitative estimate of drug-likeness (QED) is 0.601. The highest BCUT2D eigenvalue weighted by atomic mass is 32.1. The highest BCUT2D eigenvalue weighted by molar-refractivity contribution is 7.80. The third kappa shape index (κ3) is 4.32. The van der Waals surface area contributed by atoms with Gasteiger partial charge < -0.3 is 25.0 Å². The Morgan fingerprint density at radius 3 is 2.85 bits per heavy atom. The third-order valence-electron chi connectivity index (χ3n) is 5.20. The van der Waals surface area contributed by atoms with E-state index in [9.17, 15) is 9.59 Å². The number of thiocarbonyl (C=S) groups is 1. The van der Waals surface area contributed by atoms with Crippen LogP contribution in [0.4, 0.5) is 5.69 Å². The molecule has 2 aliphatic rings. The maximum absolute atomic E-state index is 12.7. The Morgan fingerprint density at radius 1 is 1.33 bits per heavy atom. The number of ether oxygens (including phenoxy) is 2. The second kappa shape index (κ2) is 8.56. The highest BCUT2D eigenvalue weighted by Gasteiger charge is 2.44. The van der Waals surface area contributed by atoms with Crippen LogP contribution in [-0.4, -0.2) is 54.2 Å². The standard InChI is InChI=1S/C19H25N3O4S/c1-25-13-7-5-6-12(10-13)20-19(27)22-15-9-4-3-8-14(15)21-18(24)16(22)11-17(23)26-2/h5-7,10,14-16H,3-4,8-9,11H2,1-2H3,(H,20,27)(H,21,24)/t14-,15+,16-/m1/s1. The predicted molar refractivity (Wildman–Crippen MR) is 106 cm³/mol. The van der Waals surface area contributed by atoms with E-state index in [-0.39, 0.29) is 24.4 Å². The van der Waals surface area contributed by atoms with Crippen LogP contribution >= 0.6 is 12.2 Å². The van der Waals surface area contributed by atoms with E-state index in [0.29, 0.717) is 10.9 Å². The van der Waals surface area contributed by atoms with E-state index in [4.69, 9.17) is 21.7 Å². The summed E-state index contributed by atoms with van der Waals surface area (Å²) in [7, 11) is 2.93. The fraction of sp³-hybridized carbons (Fsp3) is 0.526. The molecule has 1 aliphatic heterocycles. The first-order valence-corrected chi connectivity index (χ1v) is 9.55. The lowest BCUT2D eigenvalue weighted by molar-refractivity contribution is -0.146. The van der Waals surface area contributed by atoms with Gasteiger partial charge in [0.2, 0.25) is 5.91 Å². The Balaban J connectivity index is 1.85. The third-order valence-corrected chi connectivity index (χ3v) is 5.51. The summed E-state index contributed by atoms with van der Waals surface area (Å²) in [4.78, 5) is 26.5. The molecular weight excluding hydrogens is 366 g/mol. The molecule has 8 heteroatoms. The Hall–Kier alpha value is -2.35. The first-order valence-electron chi connectivity index (χ1n) is 9.14. The van der Waals surface area contributed by atoms with Crippen molar-refractivity contribution in [3.05, 3.63) is 24.3 Å². The molecule has 3 rings (SSSR count). The lowest BCUT2D eigenvalue weighted by Crippen LogP contribution is -2.68. The summed E-state index contributed by atoms with van der Waals surface area (Å²) in [5.74, 6) is 0.0952. The molecule has 1 aliphatic carbocycles. The number of benzene rings is 1. The lowest BCUT2D eigenvalue weighted by Gasteiger charge is -2.49. The van der Waals surface area contributed by atoms with Crippen LogP contribution in [-0.2, 0) is 14.3 Å². The van der Waals surface area contributed by atoms with Crippen molar-refractivity contribution in [2.45, 2.75) is 50.2 Å². The van der Waals surface area contributed by atoms with Gasteiger partial charge in [-0.15, -0.1) is 0 Å². The van der Waals surface area contributed by atoms with Crippen molar-refractivity contribution < 1.29 is 19.1 Å². The summed E-state index contributed by atoms with van der Waals surface area (Å²) >= 11 is 5.66. The maximum atomic E-state index is 12.7. The van der Waals surface area contributed by atoms with Gasteiger partial charge in [-0.25, -0.2) is 0 Å². The van der Waals surface area contributed by atoms with Crippen molar-refractivity contribution in [2.75, 3.05) is 19.5 Å². The number of amides is 1. The molecule has 1 heterocycles. The van der Waals surface area contributed by atoms with Crippen LogP contribution in [0.5, 0.6) is 5.75 Å². The highest BCUT2D eigenvalue weighted by Crippen LogP contribution is 2.30. The monoisotopic (exact) mass is 391 g/mol. The number of rotatable bonds is 4. The molecule has 1 saturated carbocycles. The Labute approximate surface area is 164 Å². The molecular formula is C19H25N3O4S. The summed E-state index contributed by atoms with van der Waals surface area (Å²) in [6, 6.07) is 6.86. The van der Waals surface area contributed by atoms with Crippen molar-refractivity contribution >= 4 is 34.9 Å². The molecule has 2 N–H and O–H groups in total. The zero-order chi connectivity index (χ0) is 19.4. The van der Waals surface area contributed by atoms with Gasteiger partial charge in [-0.2, -0.15) is 0 Å². The number of nitrogens with zero attached hydrogens (tertiary/aromatic N) is 1. The number of methoxy groups -OCH3 is 2. The Kier molecular flexibility index (Phi) is 6.15. The first-order chi connectivity index (χ1) is 13.0. The fourth-order valence-electron chi connectivity index (χ4n) is 3.86. The zero-order valence-electron chi connectivity index (χ0n) is 15.6. The van der Waals surface area contributed by atoms with Gasteiger partial charge in [0.15, 0.2) is 5.11 Å². The molecule has 1 saturated heterocycles. The van der Waals surface area contributed by atoms with Gasteiger partial charge in [-0.3, -0.25) is 9.59 Å². The number of esters is 1. The van der Waals surface area contributed by atoms with Gasteiger partial charge >= 0.3 is 5.97 Å². The van der Waals surface area contributed by atoms with Crippen LogP contribution < -0.4 is 15.4 Å². The van der Waals surface area contributed by atoms with Crippen LogP contribution in [0.25, 0.3) is 0 Å². The van der Waals surface area contributed by atoms with Gasteiger partial charge in [-0.05, 0) is 37.2 Å². The van der Waals surface area contributed by atoms with Crippen molar-refractivity contribution in [1.29, 1.82) is 0 Å².